The molecule has 1 aromatic rings. The Kier molecular flexibility index (Phi) is 6.18. The second kappa shape index (κ2) is 8.78. The van der Waals surface area contributed by atoms with Crippen LogP contribution in [0.3, 0.4) is 0 Å². The Morgan fingerprint density at radius 1 is 1.24 bits per heavy atom. The molecule has 2 aliphatic heterocycles. The van der Waals surface area contributed by atoms with Crippen molar-refractivity contribution in [1.29, 1.82) is 10.5 Å². The highest BCUT2D eigenvalue weighted by atomic mass is 16.5. The van der Waals surface area contributed by atoms with E-state index in [1.807, 2.05) is 36.4 Å². The lowest BCUT2D eigenvalue weighted by Gasteiger charge is -2.37. The highest BCUT2D eigenvalue weighted by Crippen LogP contribution is 2.47. The molecule has 1 unspecified atom stereocenters. The molecule has 0 spiro atoms. The minimum Gasteiger partial charge on any atom is -0.453 e. The van der Waals surface area contributed by atoms with Crippen LogP contribution in [0.5, 0.6) is 0 Å². The van der Waals surface area contributed by atoms with Crippen molar-refractivity contribution < 1.29 is 9.53 Å². The van der Waals surface area contributed by atoms with E-state index in [2.05, 4.69) is 35.9 Å². The SMILES string of the molecule is C=C(c1ccccc1)[C@@H]1C(C(C#N)(C#N)CC#CCOC(C)=O)=C[C@H]2CCC1N2. The van der Waals surface area contributed by atoms with Gasteiger partial charge in [0.1, 0.15) is 0 Å². The molecule has 5 nitrogen and oxygen atoms in total. The average molecular weight is 385 g/mol. The maximum absolute atomic E-state index is 10.9. The molecule has 2 bridgehead atoms. The van der Waals surface area contributed by atoms with E-state index in [1.54, 1.807) is 0 Å². The topological polar surface area (TPSA) is 85.9 Å². The van der Waals surface area contributed by atoms with Crippen LogP contribution < -0.4 is 5.32 Å². The van der Waals surface area contributed by atoms with Gasteiger partial charge in [-0.1, -0.05) is 54.8 Å². The van der Waals surface area contributed by atoms with Gasteiger partial charge in [-0.25, -0.2) is 0 Å². The molecule has 1 saturated heterocycles. The molecule has 1 fully saturated rings. The van der Waals surface area contributed by atoms with Gasteiger partial charge in [-0.2, -0.15) is 10.5 Å². The molecule has 146 valence electrons. The van der Waals surface area contributed by atoms with Gasteiger partial charge in [-0.15, -0.1) is 0 Å². The number of nitrogens with one attached hydrogen (secondary N) is 1. The van der Waals surface area contributed by atoms with Crippen molar-refractivity contribution in [2.75, 3.05) is 6.61 Å². The third-order valence-corrected chi connectivity index (χ3v) is 5.56. The first-order valence-electron chi connectivity index (χ1n) is 9.65. The summed E-state index contributed by atoms with van der Waals surface area (Å²) in [7, 11) is 0. The first kappa shape index (κ1) is 20.4. The fourth-order valence-corrected chi connectivity index (χ4v) is 4.12. The van der Waals surface area contributed by atoms with Gasteiger partial charge in [0.2, 0.25) is 0 Å². The second-order valence-corrected chi connectivity index (χ2v) is 7.39. The van der Waals surface area contributed by atoms with Crippen molar-refractivity contribution in [1.82, 2.24) is 5.32 Å². The lowest BCUT2D eigenvalue weighted by atomic mass is 9.68. The Bertz CT molecular complexity index is 955. The number of carbonyl (C=O) groups is 1. The number of ether oxygens (including phenoxy) is 1. The highest BCUT2D eigenvalue weighted by Gasteiger charge is 2.47. The van der Waals surface area contributed by atoms with Crippen molar-refractivity contribution in [3.8, 4) is 24.0 Å². The minimum absolute atomic E-state index is 0.0473. The predicted octanol–water partition coefficient (Wildman–Crippen LogP) is 3.37. The summed E-state index contributed by atoms with van der Waals surface area (Å²) >= 11 is 0. The summed E-state index contributed by atoms with van der Waals surface area (Å²) in [5.74, 6) is 5.04. The quantitative estimate of drug-likeness (QED) is 0.477. The van der Waals surface area contributed by atoms with Crippen LogP contribution in [-0.2, 0) is 9.53 Å². The molecule has 0 aromatic heterocycles. The molecule has 0 saturated carbocycles. The summed E-state index contributed by atoms with van der Waals surface area (Å²) in [6, 6.07) is 14.6. The number of nitrogens with zero attached hydrogens (tertiary/aromatic N) is 2. The van der Waals surface area contributed by atoms with Crippen LogP contribution in [0.25, 0.3) is 5.57 Å². The van der Waals surface area contributed by atoms with Gasteiger partial charge in [0.25, 0.3) is 0 Å². The standard InChI is InChI=1S/C24H23N3O2/c1-17(19-8-4-3-5-9-19)23-21(14-20-10-11-22(23)27-20)24(15-25,16-26)12-6-7-13-29-18(2)28/h3-5,8-9,14,20,22-23,27H,1,10-13H2,2H3/t20-,22?,23-/m1/s1. The fraction of sp³-hybridized carbons (Fsp3) is 0.375. The van der Waals surface area contributed by atoms with Gasteiger partial charge in [0.15, 0.2) is 12.0 Å². The van der Waals surface area contributed by atoms with E-state index in [9.17, 15) is 15.3 Å². The molecule has 0 amide bonds. The summed E-state index contributed by atoms with van der Waals surface area (Å²) in [5, 5.41) is 23.6. The monoisotopic (exact) mass is 385 g/mol. The van der Waals surface area contributed by atoms with Crippen LogP contribution in [0.15, 0.2) is 48.6 Å². The van der Waals surface area contributed by atoms with Crippen LogP contribution in [0.4, 0.5) is 0 Å². The number of carbonyl (C=O) groups excluding carboxylic acids is 1. The first-order chi connectivity index (χ1) is 14.0. The normalized spacial score (nSPS) is 22.3. The van der Waals surface area contributed by atoms with Crippen LogP contribution in [0, 0.1) is 45.8 Å². The maximum Gasteiger partial charge on any atom is 0.303 e. The van der Waals surface area contributed by atoms with Crippen molar-refractivity contribution in [2.24, 2.45) is 11.3 Å². The highest BCUT2D eigenvalue weighted by molar-refractivity contribution is 5.70. The van der Waals surface area contributed by atoms with Gasteiger partial charge in [0.05, 0.1) is 12.1 Å². The summed E-state index contributed by atoms with van der Waals surface area (Å²) in [6.45, 7) is 5.60. The largest absolute Gasteiger partial charge is 0.453 e. The number of nitriles is 2. The minimum atomic E-state index is -1.37. The zero-order valence-electron chi connectivity index (χ0n) is 16.4. The molecule has 1 N–H and O–H groups in total. The molecule has 3 atom stereocenters. The predicted molar refractivity (Wildman–Crippen MR) is 110 cm³/mol. The van der Waals surface area contributed by atoms with Crippen LogP contribution in [-0.4, -0.2) is 24.7 Å². The van der Waals surface area contributed by atoms with Crippen molar-refractivity contribution in [2.45, 2.75) is 38.3 Å². The Morgan fingerprint density at radius 3 is 2.62 bits per heavy atom. The van der Waals surface area contributed by atoms with E-state index >= 15 is 0 Å². The summed E-state index contributed by atoms with van der Waals surface area (Å²) in [4.78, 5) is 10.9. The average Bonchev–Trinajstić information content (AvgIpc) is 3.12. The maximum atomic E-state index is 10.9. The summed E-state index contributed by atoms with van der Waals surface area (Å²) in [6.07, 6.45) is 4.03. The Morgan fingerprint density at radius 2 is 1.97 bits per heavy atom. The molecule has 5 heteroatoms. The van der Waals surface area contributed by atoms with E-state index in [0.29, 0.717) is 0 Å². The van der Waals surface area contributed by atoms with E-state index in [4.69, 9.17) is 4.74 Å². The van der Waals surface area contributed by atoms with Crippen LogP contribution in [0.1, 0.15) is 31.7 Å². The number of benzene rings is 1. The van der Waals surface area contributed by atoms with Gasteiger partial charge in [-0.3, -0.25) is 4.79 Å². The van der Waals surface area contributed by atoms with Crippen LogP contribution in [0.2, 0.25) is 0 Å². The second-order valence-electron chi connectivity index (χ2n) is 7.39. The van der Waals surface area contributed by atoms with E-state index < -0.39 is 11.4 Å². The molecular weight excluding hydrogens is 362 g/mol. The molecule has 29 heavy (non-hydrogen) atoms. The smallest absolute Gasteiger partial charge is 0.303 e. The Labute approximate surface area is 171 Å². The lowest BCUT2D eigenvalue weighted by molar-refractivity contribution is -0.139. The van der Waals surface area contributed by atoms with Crippen LogP contribution >= 0.6 is 0 Å². The van der Waals surface area contributed by atoms with Gasteiger partial charge in [-0.05, 0) is 29.6 Å². The van der Waals surface area contributed by atoms with E-state index in [-0.39, 0.29) is 31.0 Å². The molecule has 2 heterocycles. The van der Waals surface area contributed by atoms with Crippen molar-refractivity contribution in [3.63, 3.8) is 0 Å². The third kappa shape index (κ3) is 4.24. The Hall–Kier alpha value is -3.33. The fourth-order valence-electron chi connectivity index (χ4n) is 4.12. The summed E-state index contributed by atoms with van der Waals surface area (Å²) in [5.41, 5.74) is 1.32. The number of hydrogen-bond acceptors (Lipinski definition) is 5. The van der Waals surface area contributed by atoms with E-state index in [0.717, 1.165) is 29.6 Å². The first-order valence-corrected chi connectivity index (χ1v) is 9.65. The van der Waals surface area contributed by atoms with Gasteiger partial charge >= 0.3 is 5.97 Å². The molecule has 1 aromatic carbocycles. The van der Waals surface area contributed by atoms with Crippen molar-refractivity contribution in [3.05, 3.63) is 54.1 Å². The molecular formula is C24H23N3O2. The van der Waals surface area contributed by atoms with E-state index in [1.165, 1.54) is 6.92 Å². The zero-order valence-corrected chi connectivity index (χ0v) is 16.4. The number of fused-ring (bicyclic) bond motifs is 2. The lowest BCUT2D eigenvalue weighted by Crippen LogP contribution is -2.44. The molecule has 2 aliphatic rings. The number of rotatable bonds is 5. The summed E-state index contributed by atoms with van der Waals surface area (Å²) < 4.78 is 4.81. The molecule has 0 radical (unpaired) electrons. The Balaban J connectivity index is 1.94. The van der Waals surface area contributed by atoms with Crippen molar-refractivity contribution >= 4 is 11.5 Å². The number of esters is 1. The third-order valence-electron chi connectivity index (χ3n) is 5.56. The van der Waals surface area contributed by atoms with Gasteiger partial charge < -0.3 is 10.1 Å². The number of hydrogen-bond donors (Lipinski definition) is 1. The van der Waals surface area contributed by atoms with Gasteiger partial charge in [0, 0.05) is 31.3 Å². The zero-order chi connectivity index (χ0) is 20.9. The molecule has 0 aliphatic carbocycles. The molecule has 3 rings (SSSR count).